The second-order valence-electron chi connectivity index (χ2n) is 4.62. The van der Waals surface area contributed by atoms with Gasteiger partial charge in [-0.25, -0.2) is 0 Å². The number of nitrogens with zero attached hydrogens (tertiary/aromatic N) is 1. The molecule has 2 amide bonds. The molecule has 2 aliphatic rings. The zero-order valence-corrected chi connectivity index (χ0v) is 9.82. The molecule has 2 fully saturated rings. The van der Waals surface area contributed by atoms with E-state index in [1.807, 2.05) is 0 Å². The molecule has 2 rings (SSSR count). The number of hydrogen-bond donors (Lipinski definition) is 2. The van der Waals surface area contributed by atoms with Gasteiger partial charge in [-0.05, 0) is 33.2 Å². The number of hydrogen-bond acceptors (Lipinski definition) is 3. The van der Waals surface area contributed by atoms with Gasteiger partial charge in [0.1, 0.15) is 6.04 Å². The van der Waals surface area contributed by atoms with Crippen LogP contribution in [0.5, 0.6) is 0 Å². The van der Waals surface area contributed by atoms with Crippen LogP contribution in [0, 0.1) is 0 Å². The van der Waals surface area contributed by atoms with Crippen molar-refractivity contribution in [3.63, 3.8) is 0 Å². The molecule has 1 saturated heterocycles. The van der Waals surface area contributed by atoms with Crippen LogP contribution in [0.25, 0.3) is 0 Å². The van der Waals surface area contributed by atoms with Gasteiger partial charge in [-0.2, -0.15) is 0 Å². The van der Waals surface area contributed by atoms with Crippen molar-refractivity contribution in [2.24, 2.45) is 0 Å². The van der Waals surface area contributed by atoms with Crippen LogP contribution in [0.2, 0.25) is 0 Å². The van der Waals surface area contributed by atoms with Crippen LogP contribution in [0.15, 0.2) is 0 Å². The first-order valence-electron chi connectivity index (χ1n) is 5.91. The Balaban J connectivity index is 1.91. The molecule has 0 aromatic rings. The van der Waals surface area contributed by atoms with E-state index in [1.165, 1.54) is 0 Å². The summed E-state index contributed by atoms with van der Waals surface area (Å²) in [5.74, 6) is 0.0218. The van der Waals surface area contributed by atoms with Gasteiger partial charge in [0.25, 0.3) is 0 Å². The van der Waals surface area contributed by atoms with Crippen molar-refractivity contribution >= 4 is 11.8 Å². The molecule has 2 N–H and O–H groups in total. The number of rotatable bonds is 4. The van der Waals surface area contributed by atoms with Crippen LogP contribution < -0.4 is 10.6 Å². The van der Waals surface area contributed by atoms with Crippen LogP contribution in [0.1, 0.15) is 26.2 Å². The fourth-order valence-corrected chi connectivity index (χ4v) is 2.05. The zero-order valence-electron chi connectivity index (χ0n) is 9.82. The summed E-state index contributed by atoms with van der Waals surface area (Å²) in [6, 6.07) is -0.102. The maximum Gasteiger partial charge on any atom is 0.242 e. The molecule has 0 bridgehead atoms. The molecule has 1 heterocycles. The topological polar surface area (TPSA) is 61.4 Å². The Morgan fingerprint density at radius 2 is 2.12 bits per heavy atom. The zero-order chi connectivity index (χ0) is 11.7. The van der Waals surface area contributed by atoms with E-state index in [-0.39, 0.29) is 23.9 Å². The Morgan fingerprint density at radius 3 is 2.62 bits per heavy atom. The third kappa shape index (κ3) is 2.19. The first-order chi connectivity index (χ1) is 7.63. The van der Waals surface area contributed by atoms with Crippen molar-refractivity contribution in [3.8, 4) is 0 Å². The Bertz CT molecular complexity index is 302. The molecule has 5 nitrogen and oxygen atoms in total. The van der Waals surface area contributed by atoms with Crippen LogP contribution in [0.4, 0.5) is 0 Å². The average molecular weight is 225 g/mol. The minimum Gasteiger partial charge on any atom is -0.352 e. The summed E-state index contributed by atoms with van der Waals surface area (Å²) in [6.07, 6.45) is 2.94. The fourth-order valence-electron chi connectivity index (χ4n) is 2.05. The molecule has 1 aliphatic heterocycles. The van der Waals surface area contributed by atoms with Crippen LogP contribution in [-0.4, -0.2) is 48.4 Å². The largest absolute Gasteiger partial charge is 0.352 e. The predicted octanol–water partition coefficient (Wildman–Crippen LogP) is -0.526. The van der Waals surface area contributed by atoms with Gasteiger partial charge in [0.05, 0.1) is 6.04 Å². The maximum absolute atomic E-state index is 11.9. The summed E-state index contributed by atoms with van der Waals surface area (Å²) in [7, 11) is 1.78. The van der Waals surface area contributed by atoms with Crippen molar-refractivity contribution < 1.29 is 9.59 Å². The summed E-state index contributed by atoms with van der Waals surface area (Å²) in [4.78, 5) is 25.3. The monoisotopic (exact) mass is 225 g/mol. The fraction of sp³-hybridized carbons (Fsp3) is 0.818. The summed E-state index contributed by atoms with van der Waals surface area (Å²) >= 11 is 0. The smallest absolute Gasteiger partial charge is 0.242 e. The third-order valence-corrected chi connectivity index (χ3v) is 3.36. The highest BCUT2D eigenvalue weighted by Gasteiger charge is 2.37. The molecule has 0 aromatic carbocycles. The molecule has 0 radical (unpaired) electrons. The molecule has 0 spiro atoms. The Hall–Kier alpha value is -1.10. The SMILES string of the molecule is CNC1CCN(C(C)C(=O)NC2CC2)C1=O. The standard InChI is InChI=1S/C11H19N3O2/c1-7(10(15)13-8-3-4-8)14-6-5-9(12-2)11(14)16/h7-9,12H,3-6H2,1-2H3,(H,13,15). The highest BCUT2D eigenvalue weighted by atomic mass is 16.2. The van der Waals surface area contributed by atoms with Gasteiger partial charge in [0, 0.05) is 12.6 Å². The lowest BCUT2D eigenvalue weighted by molar-refractivity contribution is -0.137. The van der Waals surface area contributed by atoms with Gasteiger partial charge >= 0.3 is 0 Å². The number of likely N-dealkylation sites (tertiary alicyclic amines) is 1. The lowest BCUT2D eigenvalue weighted by Crippen LogP contribution is -2.48. The molecule has 16 heavy (non-hydrogen) atoms. The normalized spacial score (nSPS) is 27.0. The first-order valence-corrected chi connectivity index (χ1v) is 5.91. The van der Waals surface area contributed by atoms with E-state index in [4.69, 9.17) is 0 Å². The molecule has 5 heteroatoms. The molecule has 0 aromatic heterocycles. The van der Waals surface area contributed by atoms with Crippen molar-refractivity contribution in [2.75, 3.05) is 13.6 Å². The molecule has 1 saturated carbocycles. The van der Waals surface area contributed by atoms with Crippen LogP contribution in [-0.2, 0) is 9.59 Å². The number of likely N-dealkylation sites (N-methyl/N-ethyl adjacent to an activating group) is 1. The van der Waals surface area contributed by atoms with Gasteiger partial charge in [-0.15, -0.1) is 0 Å². The van der Waals surface area contributed by atoms with E-state index in [9.17, 15) is 9.59 Å². The number of carbonyl (C=O) groups excluding carboxylic acids is 2. The van der Waals surface area contributed by atoms with Crippen molar-refractivity contribution in [3.05, 3.63) is 0 Å². The van der Waals surface area contributed by atoms with Gasteiger partial charge < -0.3 is 15.5 Å². The van der Waals surface area contributed by atoms with E-state index in [0.717, 1.165) is 19.3 Å². The quantitative estimate of drug-likeness (QED) is 0.676. The Labute approximate surface area is 95.6 Å². The Kier molecular flexibility index (Phi) is 3.14. The molecular formula is C11H19N3O2. The van der Waals surface area contributed by atoms with Gasteiger partial charge in [-0.3, -0.25) is 9.59 Å². The number of carbonyl (C=O) groups is 2. The predicted molar refractivity (Wildman–Crippen MR) is 59.8 cm³/mol. The highest BCUT2D eigenvalue weighted by molar-refractivity contribution is 5.91. The molecule has 90 valence electrons. The first kappa shape index (κ1) is 11.4. The highest BCUT2D eigenvalue weighted by Crippen LogP contribution is 2.20. The maximum atomic E-state index is 11.9. The molecule has 2 unspecified atom stereocenters. The van der Waals surface area contributed by atoms with Crippen molar-refractivity contribution in [1.82, 2.24) is 15.5 Å². The van der Waals surface area contributed by atoms with E-state index >= 15 is 0 Å². The van der Waals surface area contributed by atoms with Gasteiger partial charge in [-0.1, -0.05) is 0 Å². The van der Waals surface area contributed by atoms with Crippen molar-refractivity contribution in [1.29, 1.82) is 0 Å². The summed E-state index contributed by atoms with van der Waals surface area (Å²) in [6.45, 7) is 2.47. The second kappa shape index (κ2) is 4.41. The van der Waals surface area contributed by atoms with Crippen LogP contribution >= 0.6 is 0 Å². The van der Waals surface area contributed by atoms with E-state index < -0.39 is 0 Å². The molecular weight excluding hydrogens is 206 g/mol. The van der Waals surface area contributed by atoms with E-state index in [2.05, 4.69) is 10.6 Å². The van der Waals surface area contributed by atoms with Gasteiger partial charge in [0.15, 0.2) is 0 Å². The summed E-state index contributed by atoms with van der Waals surface area (Å²) in [5.41, 5.74) is 0. The lowest BCUT2D eigenvalue weighted by Gasteiger charge is -2.23. The van der Waals surface area contributed by atoms with Crippen LogP contribution in [0.3, 0.4) is 0 Å². The second-order valence-corrected chi connectivity index (χ2v) is 4.62. The minimum absolute atomic E-state index is 0.0207. The van der Waals surface area contributed by atoms with Gasteiger partial charge in [0.2, 0.25) is 11.8 Å². The van der Waals surface area contributed by atoms with E-state index in [0.29, 0.717) is 12.6 Å². The Morgan fingerprint density at radius 1 is 1.44 bits per heavy atom. The summed E-state index contributed by atoms with van der Waals surface area (Å²) < 4.78 is 0. The minimum atomic E-state index is -0.341. The number of amides is 2. The molecule has 2 atom stereocenters. The summed E-state index contributed by atoms with van der Waals surface area (Å²) in [5, 5.41) is 5.90. The van der Waals surface area contributed by atoms with E-state index in [1.54, 1.807) is 18.9 Å². The average Bonchev–Trinajstić information content (AvgIpc) is 2.99. The number of nitrogens with one attached hydrogen (secondary N) is 2. The third-order valence-electron chi connectivity index (χ3n) is 3.36. The lowest BCUT2D eigenvalue weighted by atomic mass is 10.2. The molecule has 1 aliphatic carbocycles. The van der Waals surface area contributed by atoms with Crippen molar-refractivity contribution in [2.45, 2.75) is 44.3 Å².